The number of halogens is 3. The third-order valence-electron chi connectivity index (χ3n) is 5.92. The molecular formula is C21H29F3N2O4S. The lowest BCUT2D eigenvalue weighted by Crippen LogP contribution is -2.52. The van der Waals surface area contributed by atoms with Gasteiger partial charge in [-0.05, 0) is 54.0 Å². The first kappa shape index (κ1) is 24.0. The van der Waals surface area contributed by atoms with Crippen LogP contribution in [0.15, 0.2) is 16.8 Å². The maximum absolute atomic E-state index is 12.7. The van der Waals surface area contributed by atoms with Gasteiger partial charge in [-0.3, -0.25) is 4.79 Å². The van der Waals surface area contributed by atoms with Crippen molar-refractivity contribution in [1.82, 2.24) is 9.80 Å². The van der Waals surface area contributed by atoms with E-state index < -0.39 is 12.1 Å². The molecule has 1 aromatic rings. The number of thiophene rings is 1. The average molecular weight is 463 g/mol. The van der Waals surface area contributed by atoms with Crippen LogP contribution in [-0.2, 0) is 20.7 Å². The Morgan fingerprint density at radius 1 is 1.26 bits per heavy atom. The number of likely N-dealkylation sites (tertiary alicyclic amines) is 1. The first-order valence-electron chi connectivity index (χ1n) is 10.6. The zero-order chi connectivity index (χ0) is 22.5. The topological polar surface area (TPSA) is 70.1 Å². The molecule has 174 valence electrons. The third-order valence-corrected chi connectivity index (χ3v) is 6.66. The van der Waals surface area contributed by atoms with Crippen molar-refractivity contribution in [2.24, 2.45) is 11.3 Å². The van der Waals surface area contributed by atoms with E-state index in [-0.39, 0.29) is 11.3 Å². The monoisotopic (exact) mass is 462 g/mol. The van der Waals surface area contributed by atoms with Crippen LogP contribution >= 0.6 is 11.3 Å². The maximum atomic E-state index is 12.7. The lowest BCUT2D eigenvalue weighted by molar-refractivity contribution is -0.192. The first-order chi connectivity index (χ1) is 14.7. The van der Waals surface area contributed by atoms with E-state index in [9.17, 15) is 18.0 Å². The van der Waals surface area contributed by atoms with Gasteiger partial charge >= 0.3 is 12.1 Å². The molecule has 4 rings (SSSR count). The molecule has 1 atom stereocenters. The Morgan fingerprint density at radius 2 is 2.00 bits per heavy atom. The molecule has 2 saturated heterocycles. The number of hydrogen-bond acceptors (Lipinski definition) is 5. The van der Waals surface area contributed by atoms with Gasteiger partial charge in [0, 0.05) is 38.1 Å². The van der Waals surface area contributed by atoms with E-state index >= 15 is 0 Å². The Bertz CT molecular complexity index is 739. The van der Waals surface area contributed by atoms with Crippen LogP contribution in [-0.4, -0.2) is 78.9 Å². The molecule has 0 aromatic carbocycles. The number of hydrogen-bond donors (Lipinski definition) is 1. The van der Waals surface area contributed by atoms with Gasteiger partial charge in [0.25, 0.3) is 0 Å². The summed E-state index contributed by atoms with van der Waals surface area (Å²) in [4.78, 5) is 26.3. The number of rotatable bonds is 4. The minimum Gasteiger partial charge on any atom is -0.475 e. The highest BCUT2D eigenvalue weighted by atomic mass is 32.1. The molecule has 31 heavy (non-hydrogen) atoms. The van der Waals surface area contributed by atoms with Crippen LogP contribution < -0.4 is 0 Å². The highest BCUT2D eigenvalue weighted by Crippen LogP contribution is 2.36. The Morgan fingerprint density at radius 3 is 2.61 bits per heavy atom. The number of aliphatic carboxylic acids is 1. The van der Waals surface area contributed by atoms with Crippen molar-refractivity contribution >= 4 is 23.2 Å². The minimum atomic E-state index is -5.08. The summed E-state index contributed by atoms with van der Waals surface area (Å²) in [5.74, 6) is -1.56. The molecule has 2 aliphatic heterocycles. The molecule has 1 unspecified atom stereocenters. The van der Waals surface area contributed by atoms with Gasteiger partial charge in [-0.2, -0.15) is 24.5 Å². The Labute approximate surface area is 184 Å². The molecular weight excluding hydrogens is 433 g/mol. The summed E-state index contributed by atoms with van der Waals surface area (Å²) in [5.41, 5.74) is 1.30. The largest absolute Gasteiger partial charge is 0.490 e. The number of carbonyl (C=O) groups excluding carboxylic acids is 1. The van der Waals surface area contributed by atoms with Crippen molar-refractivity contribution in [2.45, 2.75) is 38.3 Å². The van der Waals surface area contributed by atoms with Crippen LogP contribution in [0.25, 0.3) is 0 Å². The SMILES string of the molecule is O=C(Cc1ccsc1)N1CCCC2(COCCN(CC3CC3)C2)C1.O=C(O)C(F)(F)F. The number of carboxylic acids is 1. The summed E-state index contributed by atoms with van der Waals surface area (Å²) < 4.78 is 37.7. The minimum absolute atomic E-state index is 0.147. The predicted octanol–water partition coefficient (Wildman–Crippen LogP) is 3.27. The van der Waals surface area contributed by atoms with Crippen molar-refractivity contribution in [1.29, 1.82) is 0 Å². The van der Waals surface area contributed by atoms with Crippen molar-refractivity contribution in [3.63, 3.8) is 0 Å². The van der Waals surface area contributed by atoms with Gasteiger partial charge in [-0.15, -0.1) is 0 Å². The Hall–Kier alpha value is -1.65. The third kappa shape index (κ3) is 7.47. The zero-order valence-electron chi connectivity index (χ0n) is 17.4. The lowest BCUT2D eigenvalue weighted by Gasteiger charge is -2.43. The van der Waals surface area contributed by atoms with E-state index in [0.717, 1.165) is 57.3 Å². The highest BCUT2D eigenvalue weighted by molar-refractivity contribution is 7.08. The molecule has 0 radical (unpaired) electrons. The van der Waals surface area contributed by atoms with Crippen molar-refractivity contribution in [3.8, 4) is 0 Å². The number of amides is 1. The quantitative estimate of drug-likeness (QED) is 0.744. The molecule has 1 saturated carbocycles. The summed E-state index contributed by atoms with van der Waals surface area (Å²) >= 11 is 1.67. The molecule has 1 spiro atoms. The van der Waals surface area contributed by atoms with Gasteiger partial charge in [-0.25, -0.2) is 4.79 Å². The van der Waals surface area contributed by atoms with Gasteiger partial charge in [0.1, 0.15) is 0 Å². The second kappa shape index (κ2) is 10.3. The molecule has 1 aliphatic carbocycles. The summed E-state index contributed by atoms with van der Waals surface area (Å²) in [5, 5.41) is 11.3. The summed E-state index contributed by atoms with van der Waals surface area (Å²) in [6, 6.07) is 2.06. The second-order valence-electron chi connectivity index (χ2n) is 8.76. The van der Waals surface area contributed by atoms with Crippen LogP contribution in [0.1, 0.15) is 31.2 Å². The number of piperidine rings is 1. The standard InChI is InChI=1S/C19H28N2O2S.C2HF3O2/c22-18(10-17-4-9-24-12-17)21-6-1-5-19(14-21)13-20(7-8-23-15-19)11-16-2-3-16;3-2(4,5)1(6)7/h4,9,12,16H,1-3,5-8,10-11,13-15H2;(H,6,7). The van der Waals surface area contributed by atoms with Crippen molar-refractivity contribution in [3.05, 3.63) is 22.4 Å². The fourth-order valence-corrected chi connectivity index (χ4v) is 4.92. The van der Waals surface area contributed by atoms with Crippen LogP contribution in [0.4, 0.5) is 13.2 Å². The summed E-state index contributed by atoms with van der Waals surface area (Å²) in [6.07, 6.45) is 0.559. The van der Waals surface area contributed by atoms with Crippen LogP contribution in [0.2, 0.25) is 0 Å². The second-order valence-corrected chi connectivity index (χ2v) is 9.54. The maximum Gasteiger partial charge on any atom is 0.490 e. The van der Waals surface area contributed by atoms with E-state index in [0.29, 0.717) is 6.42 Å². The van der Waals surface area contributed by atoms with E-state index in [2.05, 4.69) is 26.6 Å². The van der Waals surface area contributed by atoms with Crippen LogP contribution in [0, 0.1) is 11.3 Å². The smallest absolute Gasteiger partial charge is 0.475 e. The molecule has 1 amide bonds. The van der Waals surface area contributed by atoms with Crippen molar-refractivity contribution in [2.75, 3.05) is 45.9 Å². The molecule has 1 aromatic heterocycles. The molecule has 0 bridgehead atoms. The number of nitrogens with zero attached hydrogens (tertiary/aromatic N) is 2. The molecule has 10 heteroatoms. The number of alkyl halides is 3. The Kier molecular flexibility index (Phi) is 7.98. The predicted molar refractivity (Wildman–Crippen MR) is 110 cm³/mol. The van der Waals surface area contributed by atoms with E-state index in [1.54, 1.807) is 11.3 Å². The number of ether oxygens (including phenoxy) is 1. The molecule has 3 aliphatic rings. The normalized spacial score (nSPS) is 24.9. The molecule has 3 heterocycles. The van der Waals surface area contributed by atoms with Gasteiger partial charge in [0.05, 0.1) is 19.6 Å². The zero-order valence-corrected chi connectivity index (χ0v) is 18.2. The molecule has 3 fully saturated rings. The van der Waals surface area contributed by atoms with Gasteiger partial charge in [-0.1, -0.05) is 0 Å². The fourth-order valence-electron chi connectivity index (χ4n) is 4.25. The van der Waals surface area contributed by atoms with E-state index in [1.807, 2.05) is 0 Å². The van der Waals surface area contributed by atoms with Gasteiger partial charge < -0.3 is 19.6 Å². The van der Waals surface area contributed by atoms with E-state index in [1.165, 1.54) is 25.8 Å². The molecule has 6 nitrogen and oxygen atoms in total. The average Bonchev–Trinajstić information content (AvgIpc) is 3.41. The highest BCUT2D eigenvalue weighted by Gasteiger charge is 2.41. The fraction of sp³-hybridized carbons (Fsp3) is 0.714. The summed E-state index contributed by atoms with van der Waals surface area (Å²) in [7, 11) is 0. The number of carbonyl (C=O) groups is 2. The first-order valence-corrected chi connectivity index (χ1v) is 11.5. The van der Waals surface area contributed by atoms with E-state index in [4.69, 9.17) is 14.6 Å². The van der Waals surface area contributed by atoms with Gasteiger partial charge in [0.2, 0.25) is 5.91 Å². The van der Waals surface area contributed by atoms with Crippen molar-refractivity contribution < 1.29 is 32.6 Å². The number of carboxylic acid groups (broad SMARTS) is 1. The lowest BCUT2D eigenvalue weighted by atomic mass is 9.80. The Balaban J connectivity index is 0.000000339. The molecule has 1 N–H and O–H groups in total. The summed E-state index contributed by atoms with van der Waals surface area (Å²) in [6.45, 7) is 6.83. The van der Waals surface area contributed by atoms with Gasteiger partial charge in [0.15, 0.2) is 0 Å². The van der Waals surface area contributed by atoms with Crippen LogP contribution in [0.3, 0.4) is 0 Å². The van der Waals surface area contributed by atoms with Crippen LogP contribution in [0.5, 0.6) is 0 Å².